The number of ether oxygens (including phenoxy) is 1. The van der Waals surface area contributed by atoms with Crippen LogP contribution in [0.5, 0.6) is 5.75 Å². The molecule has 94 valence electrons. The van der Waals surface area contributed by atoms with E-state index in [2.05, 4.69) is 0 Å². The molecule has 2 amide bonds. The highest BCUT2D eigenvalue weighted by atomic mass is 35.5. The number of carbonyl (C=O) groups excluding carboxylic acids is 2. The molecule has 1 aromatic rings. The van der Waals surface area contributed by atoms with Gasteiger partial charge in [0.15, 0.2) is 0 Å². The summed E-state index contributed by atoms with van der Waals surface area (Å²) in [6.45, 7) is 1.73. The molecule has 1 aromatic carbocycles. The van der Waals surface area contributed by atoms with E-state index in [0.29, 0.717) is 21.9 Å². The average Bonchev–Trinajstić information content (AvgIpc) is 2.58. The first kappa shape index (κ1) is 12.6. The molecule has 0 saturated carbocycles. The van der Waals surface area contributed by atoms with Crippen LogP contribution in [0.15, 0.2) is 29.8 Å². The predicted octanol–water partition coefficient (Wildman–Crippen LogP) is 2.16. The maximum Gasteiger partial charge on any atom is 0.256 e. The number of benzene rings is 1. The third kappa shape index (κ3) is 2.11. The number of rotatable bonds is 3. The van der Waals surface area contributed by atoms with Gasteiger partial charge in [-0.2, -0.15) is 0 Å². The molecule has 0 unspecified atom stereocenters. The van der Waals surface area contributed by atoms with Crippen LogP contribution in [0.3, 0.4) is 0 Å². The third-order valence-electron chi connectivity index (χ3n) is 2.80. The van der Waals surface area contributed by atoms with Crippen LogP contribution in [-0.2, 0) is 16.1 Å². The van der Waals surface area contributed by atoms with Gasteiger partial charge in [-0.3, -0.25) is 14.5 Å². The van der Waals surface area contributed by atoms with E-state index < -0.39 is 0 Å². The van der Waals surface area contributed by atoms with E-state index >= 15 is 0 Å². The Hall–Kier alpha value is -1.81. The van der Waals surface area contributed by atoms with E-state index in [9.17, 15) is 9.59 Å². The molecular formula is C13H12ClNO3. The largest absolute Gasteiger partial charge is 0.496 e. The zero-order valence-electron chi connectivity index (χ0n) is 10.1. The van der Waals surface area contributed by atoms with Gasteiger partial charge in [-0.15, -0.1) is 0 Å². The highest BCUT2D eigenvalue weighted by molar-refractivity contribution is 6.31. The molecule has 1 aliphatic rings. The normalized spacial score (nSPS) is 15.1. The zero-order valence-corrected chi connectivity index (χ0v) is 10.8. The SMILES string of the molecule is COc1cccc(Cl)c1CN1C(=O)C=C(C)C1=O. The van der Waals surface area contributed by atoms with Gasteiger partial charge in [0.1, 0.15) is 5.75 Å². The molecule has 0 fully saturated rings. The van der Waals surface area contributed by atoms with Crippen LogP contribution in [0, 0.1) is 0 Å². The summed E-state index contributed by atoms with van der Waals surface area (Å²) in [5.41, 5.74) is 1.07. The number of nitrogens with zero attached hydrogens (tertiary/aromatic N) is 1. The van der Waals surface area contributed by atoms with Gasteiger partial charge < -0.3 is 4.74 Å². The maximum absolute atomic E-state index is 11.8. The molecule has 2 rings (SSSR count). The minimum atomic E-state index is -0.320. The molecule has 0 radical (unpaired) electrons. The Morgan fingerprint density at radius 2 is 2.06 bits per heavy atom. The highest BCUT2D eigenvalue weighted by Gasteiger charge is 2.29. The minimum Gasteiger partial charge on any atom is -0.496 e. The third-order valence-corrected chi connectivity index (χ3v) is 3.15. The van der Waals surface area contributed by atoms with Crippen molar-refractivity contribution in [2.24, 2.45) is 0 Å². The van der Waals surface area contributed by atoms with E-state index in [1.54, 1.807) is 25.1 Å². The van der Waals surface area contributed by atoms with Gasteiger partial charge in [0.25, 0.3) is 11.8 Å². The fourth-order valence-corrected chi connectivity index (χ4v) is 2.05. The first-order valence-corrected chi connectivity index (χ1v) is 5.78. The molecule has 1 aliphatic heterocycles. The maximum atomic E-state index is 11.8. The van der Waals surface area contributed by atoms with E-state index in [1.165, 1.54) is 13.2 Å². The van der Waals surface area contributed by atoms with Crippen LogP contribution in [0.25, 0.3) is 0 Å². The van der Waals surface area contributed by atoms with E-state index in [0.717, 1.165) is 4.90 Å². The number of hydrogen-bond donors (Lipinski definition) is 0. The monoisotopic (exact) mass is 265 g/mol. The molecular weight excluding hydrogens is 254 g/mol. The van der Waals surface area contributed by atoms with Gasteiger partial charge in [-0.25, -0.2) is 0 Å². The Bertz CT molecular complexity index is 551. The number of carbonyl (C=O) groups is 2. The van der Waals surface area contributed by atoms with Crippen molar-refractivity contribution in [2.45, 2.75) is 13.5 Å². The van der Waals surface area contributed by atoms with Gasteiger partial charge >= 0.3 is 0 Å². The molecule has 0 bridgehead atoms. The lowest BCUT2D eigenvalue weighted by Crippen LogP contribution is -2.30. The molecule has 0 atom stereocenters. The number of halogens is 1. The summed E-state index contributed by atoms with van der Waals surface area (Å²) in [7, 11) is 1.52. The first-order valence-electron chi connectivity index (χ1n) is 5.40. The van der Waals surface area contributed by atoms with Crippen molar-refractivity contribution in [1.82, 2.24) is 4.90 Å². The van der Waals surface area contributed by atoms with E-state index in [-0.39, 0.29) is 18.4 Å². The molecule has 0 aliphatic carbocycles. The van der Waals surface area contributed by atoms with Crippen LogP contribution < -0.4 is 4.74 Å². The summed E-state index contributed by atoms with van der Waals surface area (Å²) in [6, 6.07) is 5.19. The molecule has 0 spiro atoms. The molecule has 1 heterocycles. The Balaban J connectivity index is 2.31. The fourth-order valence-electron chi connectivity index (χ4n) is 1.83. The van der Waals surface area contributed by atoms with Gasteiger partial charge in [0.05, 0.1) is 13.7 Å². The van der Waals surface area contributed by atoms with Crippen LogP contribution in [0.4, 0.5) is 0 Å². The van der Waals surface area contributed by atoms with E-state index in [1.807, 2.05) is 0 Å². The predicted molar refractivity (Wildman–Crippen MR) is 67.3 cm³/mol. The standard InChI is InChI=1S/C13H12ClNO3/c1-8-6-12(16)15(13(8)17)7-9-10(14)4-3-5-11(9)18-2/h3-6H,7H2,1-2H3. The van der Waals surface area contributed by atoms with Gasteiger partial charge in [0.2, 0.25) is 0 Å². The summed E-state index contributed by atoms with van der Waals surface area (Å²) < 4.78 is 5.18. The molecule has 18 heavy (non-hydrogen) atoms. The zero-order chi connectivity index (χ0) is 13.3. The summed E-state index contributed by atoms with van der Waals surface area (Å²) in [6.07, 6.45) is 1.33. The Labute approximate surface area is 110 Å². The van der Waals surface area contributed by atoms with Crippen molar-refractivity contribution in [1.29, 1.82) is 0 Å². The first-order chi connectivity index (χ1) is 8.54. The van der Waals surface area contributed by atoms with Crippen molar-refractivity contribution < 1.29 is 14.3 Å². The minimum absolute atomic E-state index is 0.119. The average molecular weight is 266 g/mol. The number of methoxy groups -OCH3 is 1. The molecule has 0 aromatic heterocycles. The van der Waals surface area contributed by atoms with Crippen LogP contribution in [-0.4, -0.2) is 23.8 Å². The Morgan fingerprint density at radius 3 is 2.61 bits per heavy atom. The van der Waals surface area contributed by atoms with Crippen LogP contribution >= 0.6 is 11.6 Å². The molecule has 5 heteroatoms. The lowest BCUT2D eigenvalue weighted by Gasteiger charge is -2.17. The van der Waals surface area contributed by atoms with Crippen molar-refractivity contribution in [2.75, 3.05) is 7.11 Å². The quantitative estimate of drug-likeness (QED) is 0.787. The Morgan fingerprint density at radius 1 is 1.33 bits per heavy atom. The summed E-state index contributed by atoms with van der Waals surface area (Å²) in [5, 5.41) is 0.472. The summed E-state index contributed by atoms with van der Waals surface area (Å²) in [4.78, 5) is 24.6. The number of imide groups is 1. The molecule has 0 saturated heterocycles. The van der Waals surface area contributed by atoms with Crippen LogP contribution in [0.1, 0.15) is 12.5 Å². The van der Waals surface area contributed by atoms with Crippen molar-refractivity contribution in [3.8, 4) is 5.75 Å². The van der Waals surface area contributed by atoms with Crippen molar-refractivity contribution >= 4 is 23.4 Å². The van der Waals surface area contributed by atoms with Gasteiger partial charge in [-0.1, -0.05) is 17.7 Å². The van der Waals surface area contributed by atoms with E-state index in [4.69, 9.17) is 16.3 Å². The van der Waals surface area contributed by atoms with Crippen molar-refractivity contribution in [3.05, 3.63) is 40.4 Å². The summed E-state index contributed by atoms with van der Waals surface area (Å²) in [5.74, 6) is -0.0471. The topological polar surface area (TPSA) is 46.6 Å². The number of amides is 2. The second-order valence-corrected chi connectivity index (χ2v) is 4.38. The highest BCUT2D eigenvalue weighted by Crippen LogP contribution is 2.29. The Kier molecular flexibility index (Phi) is 3.39. The molecule has 0 N–H and O–H groups in total. The second kappa shape index (κ2) is 4.82. The fraction of sp³-hybridized carbons (Fsp3) is 0.231. The lowest BCUT2D eigenvalue weighted by molar-refractivity contribution is -0.137. The van der Waals surface area contributed by atoms with Crippen molar-refractivity contribution in [3.63, 3.8) is 0 Å². The lowest BCUT2D eigenvalue weighted by atomic mass is 10.2. The molecule has 4 nitrogen and oxygen atoms in total. The summed E-state index contributed by atoms with van der Waals surface area (Å²) >= 11 is 6.07. The van der Waals surface area contributed by atoms with Gasteiger partial charge in [-0.05, 0) is 19.1 Å². The second-order valence-electron chi connectivity index (χ2n) is 3.98. The van der Waals surface area contributed by atoms with Crippen LogP contribution in [0.2, 0.25) is 5.02 Å². The van der Waals surface area contributed by atoms with Gasteiger partial charge in [0, 0.05) is 22.2 Å². The number of hydrogen-bond acceptors (Lipinski definition) is 3. The smallest absolute Gasteiger partial charge is 0.256 e.